The summed E-state index contributed by atoms with van der Waals surface area (Å²) < 4.78 is 1.88. The van der Waals surface area contributed by atoms with Crippen LogP contribution < -0.4 is 5.32 Å². The van der Waals surface area contributed by atoms with Gasteiger partial charge >= 0.3 is 6.03 Å². The Morgan fingerprint density at radius 2 is 1.94 bits per heavy atom. The van der Waals surface area contributed by atoms with Gasteiger partial charge in [0.2, 0.25) is 0 Å². The lowest BCUT2D eigenvalue weighted by atomic mass is 9.87. The van der Waals surface area contributed by atoms with Gasteiger partial charge in [-0.05, 0) is 86.0 Å². The summed E-state index contributed by atoms with van der Waals surface area (Å²) in [6.45, 7) is 11.6. The Labute approximate surface area is 210 Å². The van der Waals surface area contributed by atoms with E-state index in [1.165, 1.54) is 38.9 Å². The first kappa shape index (κ1) is 22.8. The first-order chi connectivity index (χ1) is 17.4. The average Bonchev–Trinajstić information content (AvgIpc) is 3.59. The van der Waals surface area contributed by atoms with E-state index in [0.29, 0.717) is 11.8 Å². The Kier molecular flexibility index (Phi) is 5.59. The van der Waals surface area contributed by atoms with Crippen LogP contribution in [0.2, 0.25) is 0 Å². The molecule has 3 aromatic heterocycles. The van der Waals surface area contributed by atoms with E-state index in [-0.39, 0.29) is 12.2 Å². The van der Waals surface area contributed by atoms with Crippen LogP contribution in [0, 0.1) is 13.8 Å². The van der Waals surface area contributed by atoms with Crippen molar-refractivity contribution in [3.63, 3.8) is 0 Å². The van der Waals surface area contributed by atoms with E-state index in [2.05, 4.69) is 87.6 Å². The van der Waals surface area contributed by atoms with Gasteiger partial charge < -0.3 is 10.3 Å². The second-order valence-corrected chi connectivity index (χ2v) is 10.5. The number of pyridine rings is 1. The number of azo groups is 1. The maximum Gasteiger partial charge on any atom is 0.361 e. The zero-order valence-corrected chi connectivity index (χ0v) is 21.2. The number of nitrogens with one attached hydrogen (secondary N) is 2. The summed E-state index contributed by atoms with van der Waals surface area (Å²) >= 11 is 0. The van der Waals surface area contributed by atoms with E-state index in [4.69, 9.17) is 0 Å². The molecule has 36 heavy (non-hydrogen) atoms. The number of benzene rings is 1. The first-order valence-corrected chi connectivity index (χ1v) is 12.8. The van der Waals surface area contributed by atoms with Gasteiger partial charge in [-0.2, -0.15) is 10.2 Å². The summed E-state index contributed by atoms with van der Waals surface area (Å²) in [5.41, 5.74) is 9.59. The third kappa shape index (κ3) is 3.87. The second-order valence-electron chi connectivity index (χ2n) is 10.5. The normalized spacial score (nSPS) is 19.2. The molecule has 0 saturated carbocycles. The van der Waals surface area contributed by atoms with Gasteiger partial charge in [-0.3, -0.25) is 4.90 Å². The minimum atomic E-state index is -0.332. The Morgan fingerprint density at radius 1 is 1.14 bits per heavy atom. The van der Waals surface area contributed by atoms with Gasteiger partial charge in [0.1, 0.15) is 6.33 Å². The summed E-state index contributed by atoms with van der Waals surface area (Å²) in [6.07, 6.45) is 5.70. The maximum absolute atomic E-state index is 11.3. The lowest BCUT2D eigenvalue weighted by Crippen LogP contribution is -2.42. The predicted octanol–water partition coefficient (Wildman–Crippen LogP) is 5.30. The molecule has 1 saturated heterocycles. The lowest BCUT2D eigenvalue weighted by molar-refractivity contribution is 0.195. The number of aromatic amines is 1. The number of amides is 2. The molecule has 1 fully saturated rings. The van der Waals surface area contributed by atoms with Gasteiger partial charge in [-0.25, -0.2) is 14.3 Å². The summed E-state index contributed by atoms with van der Waals surface area (Å²) in [5, 5.41) is 16.1. The highest BCUT2D eigenvalue weighted by molar-refractivity contribution is 5.92. The molecule has 0 spiro atoms. The van der Waals surface area contributed by atoms with Crippen LogP contribution in [0.3, 0.4) is 0 Å². The van der Waals surface area contributed by atoms with Crippen LogP contribution >= 0.6 is 0 Å². The molecular weight excluding hydrogens is 452 g/mol. The van der Waals surface area contributed by atoms with E-state index < -0.39 is 0 Å². The summed E-state index contributed by atoms with van der Waals surface area (Å²) in [6, 6.07) is 6.61. The molecule has 2 aliphatic heterocycles. The Bertz CT molecular complexity index is 1490. The number of aromatic nitrogens is 4. The van der Waals surface area contributed by atoms with Crippen LogP contribution in [0.15, 0.2) is 41.0 Å². The molecule has 0 radical (unpaired) electrons. The third-order valence-corrected chi connectivity index (χ3v) is 7.90. The number of aryl methyl sites for hydroxylation is 1. The van der Waals surface area contributed by atoms with Crippen LogP contribution in [-0.4, -0.2) is 56.3 Å². The SMILES string of the molecule is Cc1c(-c2[nH]c3ccc(C4CCN(CC5N=NC(=O)N5)CC4)cc3c2C(C)C)cn2ncnc2c1C. The van der Waals surface area contributed by atoms with E-state index >= 15 is 0 Å². The smallest absolute Gasteiger partial charge is 0.354 e. The molecule has 6 rings (SSSR count). The molecule has 1 unspecified atom stereocenters. The Hall–Kier alpha value is -3.59. The fraction of sp³-hybridized carbons (Fsp3) is 0.444. The van der Waals surface area contributed by atoms with Gasteiger partial charge in [0.25, 0.3) is 0 Å². The number of nitrogens with zero attached hydrogens (tertiary/aromatic N) is 6. The van der Waals surface area contributed by atoms with Gasteiger partial charge in [0, 0.05) is 29.2 Å². The average molecular weight is 485 g/mol. The summed E-state index contributed by atoms with van der Waals surface area (Å²) in [5.74, 6) is 0.895. The first-order valence-electron chi connectivity index (χ1n) is 12.8. The number of carbonyl (C=O) groups is 1. The molecule has 186 valence electrons. The quantitative estimate of drug-likeness (QED) is 0.401. The van der Waals surface area contributed by atoms with E-state index in [1.54, 1.807) is 6.33 Å². The fourth-order valence-corrected chi connectivity index (χ4v) is 5.85. The van der Waals surface area contributed by atoms with Gasteiger partial charge in [-0.1, -0.05) is 25.0 Å². The maximum atomic E-state index is 11.3. The topological polar surface area (TPSA) is 103 Å². The monoisotopic (exact) mass is 484 g/mol. The molecule has 2 N–H and O–H groups in total. The molecular formula is C27H32N8O. The molecule has 2 aliphatic rings. The molecule has 2 amide bonds. The largest absolute Gasteiger partial charge is 0.361 e. The van der Waals surface area contributed by atoms with Crippen molar-refractivity contribution >= 4 is 22.6 Å². The third-order valence-electron chi connectivity index (χ3n) is 7.90. The highest BCUT2D eigenvalue weighted by Crippen LogP contribution is 2.40. The van der Waals surface area contributed by atoms with Crippen molar-refractivity contribution in [2.75, 3.05) is 19.6 Å². The number of rotatable bonds is 5. The number of fused-ring (bicyclic) bond motifs is 2. The van der Waals surface area contributed by atoms with Crippen molar-refractivity contribution in [3.05, 3.63) is 53.0 Å². The molecule has 0 aliphatic carbocycles. The second kappa shape index (κ2) is 8.81. The van der Waals surface area contributed by atoms with Crippen molar-refractivity contribution in [2.24, 2.45) is 10.2 Å². The number of piperidine rings is 1. The number of H-pyrrole nitrogens is 1. The zero-order chi connectivity index (χ0) is 25.0. The number of likely N-dealkylation sites (tertiary alicyclic amines) is 1. The molecule has 1 atom stereocenters. The number of urea groups is 1. The number of carbonyl (C=O) groups excluding carboxylic acids is 1. The van der Waals surface area contributed by atoms with Gasteiger partial charge in [0.15, 0.2) is 11.8 Å². The Morgan fingerprint density at radius 3 is 2.67 bits per heavy atom. The zero-order valence-electron chi connectivity index (χ0n) is 21.2. The summed E-state index contributed by atoms with van der Waals surface area (Å²) in [7, 11) is 0. The highest BCUT2D eigenvalue weighted by atomic mass is 16.2. The Balaban J connectivity index is 1.30. The molecule has 9 nitrogen and oxygen atoms in total. The van der Waals surface area contributed by atoms with Crippen LogP contribution in [0.25, 0.3) is 27.8 Å². The predicted molar refractivity (Wildman–Crippen MR) is 139 cm³/mol. The highest BCUT2D eigenvalue weighted by Gasteiger charge is 2.26. The number of hydrogen-bond acceptors (Lipinski definition) is 5. The van der Waals surface area contributed by atoms with E-state index in [9.17, 15) is 4.79 Å². The van der Waals surface area contributed by atoms with E-state index in [1.807, 2.05) is 4.52 Å². The molecule has 0 bridgehead atoms. The van der Waals surface area contributed by atoms with Gasteiger partial charge in [-0.15, -0.1) is 0 Å². The molecule has 1 aromatic carbocycles. The minimum absolute atomic E-state index is 0.207. The van der Waals surface area contributed by atoms with Crippen LogP contribution in [-0.2, 0) is 0 Å². The van der Waals surface area contributed by atoms with Crippen molar-refractivity contribution in [1.82, 2.24) is 29.8 Å². The van der Waals surface area contributed by atoms with Crippen LogP contribution in [0.5, 0.6) is 0 Å². The fourth-order valence-electron chi connectivity index (χ4n) is 5.85. The lowest BCUT2D eigenvalue weighted by Gasteiger charge is -2.32. The summed E-state index contributed by atoms with van der Waals surface area (Å²) in [4.78, 5) is 21.8. The molecule has 9 heteroatoms. The van der Waals surface area contributed by atoms with Crippen molar-refractivity contribution < 1.29 is 4.79 Å². The van der Waals surface area contributed by atoms with Gasteiger partial charge in [0.05, 0.1) is 5.69 Å². The van der Waals surface area contributed by atoms with E-state index in [0.717, 1.165) is 43.7 Å². The van der Waals surface area contributed by atoms with Crippen molar-refractivity contribution in [2.45, 2.75) is 58.5 Å². The molecule has 4 aromatic rings. The number of hydrogen-bond donors (Lipinski definition) is 2. The van der Waals surface area contributed by atoms with Crippen molar-refractivity contribution in [3.8, 4) is 11.3 Å². The molecule has 5 heterocycles. The standard InChI is InChI=1S/C27H32N8O/c1-15(2)24-20-11-19(18-7-9-34(10-8-18)13-23-31-27(36)33-32-23)5-6-22(20)30-25(24)21-12-35-26(28-14-29-35)17(4)16(21)3/h5-6,11-12,14-15,18,23,30H,7-10,13H2,1-4H3,(H,31,36). The van der Waals surface area contributed by atoms with Crippen molar-refractivity contribution in [1.29, 1.82) is 0 Å². The van der Waals surface area contributed by atoms with Crippen LogP contribution in [0.4, 0.5) is 4.79 Å². The minimum Gasteiger partial charge on any atom is -0.354 e. The van der Waals surface area contributed by atoms with Crippen LogP contribution in [0.1, 0.15) is 60.8 Å².